The van der Waals surface area contributed by atoms with E-state index in [4.69, 9.17) is 4.74 Å². The summed E-state index contributed by atoms with van der Waals surface area (Å²) in [4.78, 5) is 11.2. The van der Waals surface area contributed by atoms with Crippen LogP contribution < -0.4 is 5.32 Å². The van der Waals surface area contributed by atoms with Crippen molar-refractivity contribution in [1.82, 2.24) is 5.32 Å². The van der Waals surface area contributed by atoms with E-state index < -0.39 is 0 Å². The van der Waals surface area contributed by atoms with Crippen LogP contribution in [0.2, 0.25) is 0 Å². The molecule has 3 nitrogen and oxygen atoms in total. The molecule has 0 unspecified atom stereocenters. The summed E-state index contributed by atoms with van der Waals surface area (Å²) in [6, 6.07) is 9.98. The fraction of sp³-hybridized carbons (Fsp3) is 0.462. The SMILES string of the molecule is O=C(CCCS)NCCOCc1ccccc1. The van der Waals surface area contributed by atoms with Crippen LogP contribution in [-0.2, 0) is 16.1 Å². The van der Waals surface area contributed by atoms with Crippen molar-refractivity contribution in [3.05, 3.63) is 35.9 Å². The van der Waals surface area contributed by atoms with Gasteiger partial charge in [0, 0.05) is 13.0 Å². The molecule has 1 aromatic carbocycles. The van der Waals surface area contributed by atoms with Gasteiger partial charge in [-0.15, -0.1) is 0 Å². The van der Waals surface area contributed by atoms with Gasteiger partial charge in [-0.05, 0) is 17.7 Å². The molecule has 0 atom stereocenters. The predicted molar refractivity (Wildman–Crippen MR) is 72.2 cm³/mol. The molecule has 4 heteroatoms. The van der Waals surface area contributed by atoms with Crippen LogP contribution in [0.5, 0.6) is 0 Å². The molecule has 1 amide bonds. The highest BCUT2D eigenvalue weighted by atomic mass is 32.1. The Morgan fingerprint density at radius 2 is 2.06 bits per heavy atom. The van der Waals surface area contributed by atoms with Crippen molar-refractivity contribution in [1.29, 1.82) is 0 Å². The maximum absolute atomic E-state index is 11.2. The Morgan fingerprint density at radius 1 is 1.29 bits per heavy atom. The molecule has 0 fully saturated rings. The van der Waals surface area contributed by atoms with E-state index >= 15 is 0 Å². The number of ether oxygens (including phenoxy) is 1. The summed E-state index contributed by atoms with van der Waals surface area (Å²) in [7, 11) is 0. The minimum absolute atomic E-state index is 0.0716. The highest BCUT2D eigenvalue weighted by molar-refractivity contribution is 7.80. The Hall–Kier alpha value is -1.00. The topological polar surface area (TPSA) is 38.3 Å². The van der Waals surface area contributed by atoms with Gasteiger partial charge in [-0.25, -0.2) is 0 Å². The highest BCUT2D eigenvalue weighted by Gasteiger charge is 1.99. The zero-order chi connectivity index (χ0) is 12.3. The number of carbonyl (C=O) groups excluding carboxylic acids is 1. The van der Waals surface area contributed by atoms with Gasteiger partial charge < -0.3 is 10.1 Å². The second kappa shape index (κ2) is 9.07. The molecule has 0 bridgehead atoms. The summed E-state index contributed by atoms with van der Waals surface area (Å²) in [5.74, 6) is 0.820. The van der Waals surface area contributed by atoms with Crippen molar-refractivity contribution in [3.63, 3.8) is 0 Å². The van der Waals surface area contributed by atoms with E-state index in [1.165, 1.54) is 0 Å². The highest BCUT2D eigenvalue weighted by Crippen LogP contribution is 1.99. The Labute approximate surface area is 108 Å². The number of rotatable bonds is 8. The lowest BCUT2D eigenvalue weighted by Crippen LogP contribution is -2.26. The molecular weight excluding hydrogens is 234 g/mol. The first kappa shape index (κ1) is 14.1. The summed E-state index contributed by atoms with van der Waals surface area (Å²) in [5, 5.41) is 2.81. The third kappa shape index (κ3) is 7.02. The Kier molecular flexibility index (Phi) is 7.51. The fourth-order valence-electron chi connectivity index (χ4n) is 1.35. The molecule has 0 spiro atoms. The maximum atomic E-state index is 11.2. The van der Waals surface area contributed by atoms with E-state index in [-0.39, 0.29) is 5.91 Å². The minimum atomic E-state index is 0.0716. The van der Waals surface area contributed by atoms with E-state index in [9.17, 15) is 4.79 Å². The molecule has 0 heterocycles. The molecule has 0 saturated carbocycles. The number of hydrogen-bond donors (Lipinski definition) is 2. The second-order valence-electron chi connectivity index (χ2n) is 3.72. The smallest absolute Gasteiger partial charge is 0.220 e. The van der Waals surface area contributed by atoms with Crippen molar-refractivity contribution in [2.24, 2.45) is 0 Å². The first-order chi connectivity index (χ1) is 8.33. The van der Waals surface area contributed by atoms with Gasteiger partial charge in [0.05, 0.1) is 13.2 Å². The quantitative estimate of drug-likeness (QED) is 0.549. The van der Waals surface area contributed by atoms with E-state index in [0.717, 1.165) is 17.7 Å². The second-order valence-corrected chi connectivity index (χ2v) is 4.16. The third-order valence-corrected chi connectivity index (χ3v) is 2.56. The molecule has 0 aliphatic carbocycles. The van der Waals surface area contributed by atoms with Crippen LogP contribution in [0.1, 0.15) is 18.4 Å². The van der Waals surface area contributed by atoms with E-state index in [0.29, 0.717) is 26.2 Å². The summed E-state index contributed by atoms with van der Waals surface area (Å²) >= 11 is 4.06. The van der Waals surface area contributed by atoms with Gasteiger partial charge in [-0.1, -0.05) is 30.3 Å². The lowest BCUT2D eigenvalue weighted by Gasteiger charge is -2.06. The molecule has 94 valence electrons. The van der Waals surface area contributed by atoms with E-state index in [1.54, 1.807) is 0 Å². The number of thiol groups is 1. The predicted octanol–water partition coefficient (Wildman–Crippen LogP) is 2.03. The van der Waals surface area contributed by atoms with Gasteiger partial charge in [0.15, 0.2) is 0 Å². The molecule has 1 N–H and O–H groups in total. The summed E-state index contributed by atoms with van der Waals surface area (Å²) < 4.78 is 5.44. The molecule has 1 rings (SSSR count). The average Bonchev–Trinajstić information content (AvgIpc) is 2.37. The first-order valence-corrected chi connectivity index (χ1v) is 6.45. The van der Waals surface area contributed by atoms with Crippen LogP contribution in [0.3, 0.4) is 0 Å². The van der Waals surface area contributed by atoms with Gasteiger partial charge >= 0.3 is 0 Å². The fourth-order valence-corrected chi connectivity index (χ4v) is 1.51. The lowest BCUT2D eigenvalue weighted by atomic mass is 10.2. The van der Waals surface area contributed by atoms with Crippen molar-refractivity contribution < 1.29 is 9.53 Å². The number of carbonyl (C=O) groups is 1. The minimum Gasteiger partial charge on any atom is -0.375 e. The number of amides is 1. The van der Waals surface area contributed by atoms with Gasteiger partial charge in [0.25, 0.3) is 0 Å². The maximum Gasteiger partial charge on any atom is 0.220 e. The average molecular weight is 253 g/mol. The van der Waals surface area contributed by atoms with Crippen LogP contribution >= 0.6 is 12.6 Å². The van der Waals surface area contributed by atoms with E-state index in [2.05, 4.69) is 17.9 Å². The van der Waals surface area contributed by atoms with Crippen LogP contribution in [0.25, 0.3) is 0 Å². The number of hydrogen-bond acceptors (Lipinski definition) is 3. The Balaban J connectivity index is 1.99. The Bertz CT molecular complexity index is 316. The van der Waals surface area contributed by atoms with Crippen LogP contribution in [-0.4, -0.2) is 24.8 Å². The Morgan fingerprint density at radius 3 is 2.76 bits per heavy atom. The number of benzene rings is 1. The van der Waals surface area contributed by atoms with Crippen molar-refractivity contribution in [2.75, 3.05) is 18.9 Å². The normalized spacial score (nSPS) is 10.2. The molecular formula is C13H19NO2S. The monoisotopic (exact) mass is 253 g/mol. The van der Waals surface area contributed by atoms with Crippen LogP contribution in [0.4, 0.5) is 0 Å². The third-order valence-electron chi connectivity index (χ3n) is 2.24. The van der Waals surface area contributed by atoms with Crippen molar-refractivity contribution in [2.45, 2.75) is 19.4 Å². The van der Waals surface area contributed by atoms with Crippen molar-refractivity contribution >= 4 is 18.5 Å². The molecule has 0 aliphatic rings. The molecule has 1 aromatic rings. The van der Waals surface area contributed by atoms with E-state index in [1.807, 2.05) is 30.3 Å². The zero-order valence-electron chi connectivity index (χ0n) is 9.89. The van der Waals surface area contributed by atoms with Crippen LogP contribution in [0, 0.1) is 0 Å². The largest absolute Gasteiger partial charge is 0.375 e. The van der Waals surface area contributed by atoms with Gasteiger partial charge in [-0.2, -0.15) is 12.6 Å². The molecule has 0 radical (unpaired) electrons. The van der Waals surface area contributed by atoms with Gasteiger partial charge in [-0.3, -0.25) is 4.79 Å². The summed E-state index contributed by atoms with van der Waals surface area (Å²) in [6.07, 6.45) is 1.36. The molecule has 0 saturated heterocycles. The lowest BCUT2D eigenvalue weighted by molar-refractivity contribution is -0.121. The van der Waals surface area contributed by atoms with Gasteiger partial charge in [0.2, 0.25) is 5.91 Å². The standard InChI is InChI=1S/C13H19NO2S/c15-13(7-4-10-17)14-8-9-16-11-12-5-2-1-3-6-12/h1-3,5-6,17H,4,7-11H2,(H,14,15). The first-order valence-electron chi connectivity index (χ1n) is 5.82. The summed E-state index contributed by atoms with van der Waals surface area (Å²) in [5.41, 5.74) is 1.15. The molecule has 17 heavy (non-hydrogen) atoms. The summed E-state index contributed by atoms with van der Waals surface area (Å²) in [6.45, 7) is 1.70. The molecule has 0 aromatic heterocycles. The van der Waals surface area contributed by atoms with Crippen molar-refractivity contribution in [3.8, 4) is 0 Å². The van der Waals surface area contributed by atoms with Gasteiger partial charge in [0.1, 0.15) is 0 Å². The molecule has 0 aliphatic heterocycles. The zero-order valence-corrected chi connectivity index (χ0v) is 10.8. The van der Waals surface area contributed by atoms with Crippen LogP contribution in [0.15, 0.2) is 30.3 Å². The number of nitrogens with one attached hydrogen (secondary N) is 1.